The summed E-state index contributed by atoms with van der Waals surface area (Å²) in [5, 5.41) is 0. The van der Waals surface area contributed by atoms with E-state index in [9.17, 15) is 19.0 Å². The zero-order valence-electron chi connectivity index (χ0n) is 38.8. The number of nitrogens with two attached hydrogens (primary N) is 1. The van der Waals surface area contributed by atoms with E-state index in [4.69, 9.17) is 24.3 Å². The van der Waals surface area contributed by atoms with Crippen molar-refractivity contribution in [1.82, 2.24) is 0 Å². The van der Waals surface area contributed by atoms with Crippen LogP contribution in [-0.2, 0) is 32.7 Å². The minimum atomic E-state index is -4.38. The van der Waals surface area contributed by atoms with Crippen molar-refractivity contribution in [2.45, 2.75) is 264 Å². The summed E-state index contributed by atoms with van der Waals surface area (Å²) >= 11 is 0. The van der Waals surface area contributed by atoms with Crippen LogP contribution in [0.4, 0.5) is 0 Å². The highest BCUT2D eigenvalue weighted by atomic mass is 31.2. The van der Waals surface area contributed by atoms with E-state index >= 15 is 0 Å². The molecule has 0 fully saturated rings. The van der Waals surface area contributed by atoms with Crippen LogP contribution in [0.2, 0.25) is 0 Å². The van der Waals surface area contributed by atoms with E-state index in [1.807, 2.05) is 0 Å². The first-order valence-corrected chi connectivity index (χ1v) is 26.7. The van der Waals surface area contributed by atoms with Gasteiger partial charge in [0.15, 0.2) is 6.10 Å². The van der Waals surface area contributed by atoms with Crippen molar-refractivity contribution in [3.8, 4) is 0 Å². The van der Waals surface area contributed by atoms with Crippen LogP contribution < -0.4 is 5.73 Å². The van der Waals surface area contributed by atoms with Crippen LogP contribution >= 0.6 is 7.82 Å². The lowest BCUT2D eigenvalue weighted by molar-refractivity contribution is -0.161. The van der Waals surface area contributed by atoms with Gasteiger partial charge in [-0.1, -0.05) is 219 Å². The van der Waals surface area contributed by atoms with E-state index < -0.39 is 26.5 Å². The quantitative estimate of drug-likeness (QED) is 0.0265. The van der Waals surface area contributed by atoms with Crippen LogP contribution in [0.15, 0.2) is 12.2 Å². The van der Waals surface area contributed by atoms with Gasteiger partial charge in [-0.15, -0.1) is 0 Å². The number of carbonyl (C=O) groups excluding carboxylic acids is 2. The molecule has 0 radical (unpaired) electrons. The Morgan fingerprint density at radius 1 is 0.492 bits per heavy atom. The van der Waals surface area contributed by atoms with Crippen molar-refractivity contribution in [2.24, 2.45) is 5.73 Å². The monoisotopic (exact) mass is 858 g/mol. The molecule has 9 nitrogen and oxygen atoms in total. The Kier molecular flexibility index (Phi) is 45.3. The van der Waals surface area contributed by atoms with Crippen LogP contribution in [0.5, 0.6) is 0 Å². The lowest BCUT2D eigenvalue weighted by atomic mass is 10.0. The number of allylic oxidation sites excluding steroid dienone is 2. The van der Waals surface area contributed by atoms with Crippen molar-refractivity contribution in [2.75, 3.05) is 26.4 Å². The van der Waals surface area contributed by atoms with E-state index in [0.717, 1.165) is 32.1 Å². The number of phosphoric ester groups is 1. The molecule has 3 N–H and O–H groups in total. The Hall–Kier alpha value is -1.25. The van der Waals surface area contributed by atoms with Gasteiger partial charge in [-0.3, -0.25) is 18.6 Å². The number of phosphoric acid groups is 1. The predicted octanol–water partition coefficient (Wildman–Crippen LogP) is 15.0. The highest BCUT2D eigenvalue weighted by molar-refractivity contribution is 7.47. The Balaban J connectivity index is 4.02. The van der Waals surface area contributed by atoms with Crippen molar-refractivity contribution in [3.05, 3.63) is 12.2 Å². The average molecular weight is 858 g/mol. The summed E-state index contributed by atoms with van der Waals surface area (Å²) in [6, 6.07) is 0. The van der Waals surface area contributed by atoms with Gasteiger partial charge in [0.1, 0.15) is 6.61 Å². The average Bonchev–Trinajstić information content (AvgIpc) is 3.22. The second-order valence-electron chi connectivity index (χ2n) is 17.0. The summed E-state index contributed by atoms with van der Waals surface area (Å²) < 4.78 is 32.9. The van der Waals surface area contributed by atoms with Crippen LogP contribution in [0, 0.1) is 0 Å². The number of ether oxygens (including phenoxy) is 2. The first-order valence-electron chi connectivity index (χ1n) is 25.2. The largest absolute Gasteiger partial charge is 0.472 e. The third-order valence-electron chi connectivity index (χ3n) is 11.2. The summed E-state index contributed by atoms with van der Waals surface area (Å²) in [7, 11) is -4.38. The highest BCUT2D eigenvalue weighted by Crippen LogP contribution is 2.43. The van der Waals surface area contributed by atoms with Gasteiger partial charge in [0, 0.05) is 19.4 Å². The number of unbranched alkanes of at least 4 members (excludes halogenated alkanes) is 33. The fourth-order valence-corrected chi connectivity index (χ4v) is 8.16. The molecule has 350 valence electrons. The molecule has 59 heavy (non-hydrogen) atoms. The number of esters is 2. The molecule has 0 rings (SSSR count). The maximum atomic E-state index is 12.6. The summed E-state index contributed by atoms with van der Waals surface area (Å²) in [5.41, 5.74) is 5.36. The van der Waals surface area contributed by atoms with Gasteiger partial charge in [-0.25, -0.2) is 4.57 Å². The Morgan fingerprint density at radius 2 is 0.831 bits per heavy atom. The normalized spacial score (nSPS) is 13.2. The van der Waals surface area contributed by atoms with Crippen LogP contribution in [-0.4, -0.2) is 49.3 Å². The molecule has 0 amide bonds. The first kappa shape index (κ1) is 57.8. The summed E-state index contributed by atoms with van der Waals surface area (Å²) in [5.74, 6) is -0.813. The number of carbonyl (C=O) groups is 2. The number of rotatable bonds is 48. The molecule has 0 spiro atoms. The Bertz CT molecular complexity index is 980. The zero-order chi connectivity index (χ0) is 43.2. The maximum absolute atomic E-state index is 12.6. The topological polar surface area (TPSA) is 134 Å². The Morgan fingerprint density at radius 3 is 1.20 bits per heavy atom. The van der Waals surface area contributed by atoms with Gasteiger partial charge < -0.3 is 20.1 Å². The molecule has 0 aromatic rings. The minimum absolute atomic E-state index is 0.0566. The SMILES string of the molecule is CCCCCCCCC=CCCCCCCCCCCCCCC(=O)O[C@H](COC(=O)CCCCCCCCCCCCCCCCCCC)COP(=O)(O)OCCN. The molecule has 0 aliphatic carbocycles. The molecule has 0 saturated heterocycles. The van der Waals surface area contributed by atoms with E-state index in [2.05, 4.69) is 26.0 Å². The number of hydrogen-bond donors (Lipinski definition) is 2. The van der Waals surface area contributed by atoms with Gasteiger partial charge >= 0.3 is 19.8 Å². The molecule has 0 aromatic carbocycles. The van der Waals surface area contributed by atoms with Crippen LogP contribution in [0.25, 0.3) is 0 Å². The lowest BCUT2D eigenvalue weighted by Crippen LogP contribution is -2.29. The molecule has 0 aliphatic rings. The van der Waals surface area contributed by atoms with Crippen molar-refractivity contribution < 1.29 is 37.6 Å². The lowest BCUT2D eigenvalue weighted by Gasteiger charge is -2.19. The summed E-state index contributed by atoms with van der Waals surface area (Å²) in [4.78, 5) is 35.0. The zero-order valence-corrected chi connectivity index (χ0v) is 39.7. The number of hydrogen-bond acceptors (Lipinski definition) is 8. The van der Waals surface area contributed by atoms with Gasteiger partial charge in [-0.05, 0) is 38.5 Å². The van der Waals surface area contributed by atoms with E-state index in [1.165, 1.54) is 193 Å². The molecule has 1 unspecified atom stereocenters. The molecule has 0 aromatic heterocycles. The maximum Gasteiger partial charge on any atom is 0.472 e. The molecular formula is C49H96NO8P. The third kappa shape index (κ3) is 46.1. The molecule has 0 aliphatic heterocycles. The van der Waals surface area contributed by atoms with E-state index in [0.29, 0.717) is 6.42 Å². The fraction of sp³-hybridized carbons (Fsp3) is 0.918. The van der Waals surface area contributed by atoms with Crippen LogP contribution in [0.1, 0.15) is 258 Å². The third-order valence-corrected chi connectivity index (χ3v) is 12.1. The van der Waals surface area contributed by atoms with Gasteiger partial charge in [0.2, 0.25) is 0 Å². The minimum Gasteiger partial charge on any atom is -0.462 e. The molecule has 0 saturated carbocycles. The van der Waals surface area contributed by atoms with Gasteiger partial charge in [0.25, 0.3) is 0 Å². The van der Waals surface area contributed by atoms with Crippen molar-refractivity contribution in [1.29, 1.82) is 0 Å². The second-order valence-corrected chi connectivity index (χ2v) is 18.5. The van der Waals surface area contributed by atoms with Crippen LogP contribution in [0.3, 0.4) is 0 Å². The molecule has 10 heteroatoms. The second kappa shape index (κ2) is 46.3. The standard InChI is InChI=1S/C49H96NO8P/c1-3-5-7-9-11-13-15-17-19-21-22-23-24-26-28-30-32-34-36-38-40-42-49(52)58-47(46-57-59(53,54)56-44-43-50)45-55-48(51)41-39-37-35-33-31-29-27-25-20-18-16-14-12-10-8-6-4-2/h17,19,47H,3-16,18,20-46,50H2,1-2H3,(H,53,54)/t47-/m1/s1. The first-order chi connectivity index (χ1) is 28.8. The van der Waals surface area contributed by atoms with Gasteiger partial charge in [-0.2, -0.15) is 0 Å². The summed E-state index contributed by atoms with van der Waals surface area (Å²) in [6.07, 6.45) is 49.6. The molecule has 0 heterocycles. The van der Waals surface area contributed by atoms with E-state index in [-0.39, 0.29) is 38.6 Å². The molecule has 2 atom stereocenters. The fourth-order valence-electron chi connectivity index (χ4n) is 7.40. The Labute approximate surface area is 364 Å². The van der Waals surface area contributed by atoms with Gasteiger partial charge in [0.05, 0.1) is 13.2 Å². The van der Waals surface area contributed by atoms with Crippen molar-refractivity contribution >= 4 is 19.8 Å². The van der Waals surface area contributed by atoms with Crippen molar-refractivity contribution in [3.63, 3.8) is 0 Å². The smallest absolute Gasteiger partial charge is 0.462 e. The highest BCUT2D eigenvalue weighted by Gasteiger charge is 2.26. The molecule has 0 bridgehead atoms. The predicted molar refractivity (Wildman–Crippen MR) is 248 cm³/mol. The van der Waals surface area contributed by atoms with E-state index in [1.54, 1.807) is 0 Å². The summed E-state index contributed by atoms with van der Waals surface area (Å²) in [6.45, 7) is 3.78. The molecular weight excluding hydrogens is 762 g/mol.